The normalized spacial score (nSPS) is 15.8. The zero-order valence-electron chi connectivity index (χ0n) is 12.8. The summed E-state index contributed by atoms with van der Waals surface area (Å²) in [7, 11) is -1.96. The molecule has 1 fully saturated rings. The highest BCUT2D eigenvalue weighted by Gasteiger charge is 2.40. The maximum Gasteiger partial charge on any atom is 0.247 e. The van der Waals surface area contributed by atoms with E-state index in [2.05, 4.69) is 15.5 Å². The molecule has 2 N–H and O–H groups in total. The number of H-pyrrole nitrogens is 1. The van der Waals surface area contributed by atoms with Gasteiger partial charge in [0.05, 0.1) is 18.0 Å². The predicted octanol–water partition coefficient (Wildman–Crippen LogP) is 0.627. The Balaban J connectivity index is 2.30. The van der Waals surface area contributed by atoms with Crippen LogP contribution in [0.5, 0.6) is 0 Å². The van der Waals surface area contributed by atoms with Crippen molar-refractivity contribution in [2.75, 3.05) is 26.8 Å². The molecule has 1 aliphatic rings. The average molecular weight is 316 g/mol. The summed E-state index contributed by atoms with van der Waals surface area (Å²) in [6.45, 7) is 5.71. The Kier molecular flexibility index (Phi) is 5.37. The van der Waals surface area contributed by atoms with E-state index in [-0.39, 0.29) is 6.04 Å². The van der Waals surface area contributed by atoms with Gasteiger partial charge in [0.1, 0.15) is 4.90 Å². The van der Waals surface area contributed by atoms with Crippen molar-refractivity contribution in [3.63, 3.8) is 0 Å². The number of nitrogens with one attached hydrogen (secondary N) is 2. The van der Waals surface area contributed by atoms with E-state index in [9.17, 15) is 8.42 Å². The van der Waals surface area contributed by atoms with Crippen molar-refractivity contribution in [2.24, 2.45) is 0 Å². The highest BCUT2D eigenvalue weighted by Crippen LogP contribution is 2.33. The molecule has 0 amide bonds. The van der Waals surface area contributed by atoms with Crippen LogP contribution in [0.3, 0.4) is 0 Å². The smallest absolute Gasteiger partial charge is 0.247 e. The number of sulfonamides is 1. The van der Waals surface area contributed by atoms with Crippen molar-refractivity contribution in [2.45, 2.75) is 44.2 Å². The van der Waals surface area contributed by atoms with Gasteiger partial charge in [0.2, 0.25) is 10.0 Å². The maximum atomic E-state index is 13.0. The van der Waals surface area contributed by atoms with Crippen LogP contribution in [0.25, 0.3) is 0 Å². The van der Waals surface area contributed by atoms with Crippen LogP contribution >= 0.6 is 0 Å². The van der Waals surface area contributed by atoms with Crippen LogP contribution in [-0.4, -0.2) is 55.8 Å². The Bertz CT molecular complexity index is 566. The number of aryl methyl sites for hydroxylation is 1. The quantitative estimate of drug-likeness (QED) is 0.697. The SMILES string of the molecule is CCNCc1n[nH]c(C)c1S(=O)(=O)N(CCOC)C1CC1. The van der Waals surface area contributed by atoms with Crippen LogP contribution in [0.15, 0.2) is 4.90 Å². The lowest BCUT2D eigenvalue weighted by atomic mass is 10.3. The minimum atomic E-state index is -3.54. The molecule has 0 bridgehead atoms. The zero-order valence-corrected chi connectivity index (χ0v) is 13.7. The maximum absolute atomic E-state index is 13.0. The summed E-state index contributed by atoms with van der Waals surface area (Å²) < 4.78 is 32.5. The molecule has 0 aromatic carbocycles. The molecule has 2 rings (SSSR count). The molecule has 0 radical (unpaired) electrons. The van der Waals surface area contributed by atoms with Crippen molar-refractivity contribution in [3.8, 4) is 0 Å². The molecule has 1 saturated carbocycles. The second-order valence-electron chi connectivity index (χ2n) is 5.24. The van der Waals surface area contributed by atoms with E-state index in [4.69, 9.17) is 4.74 Å². The third kappa shape index (κ3) is 3.63. The van der Waals surface area contributed by atoms with Crippen molar-refractivity contribution in [3.05, 3.63) is 11.4 Å². The molecule has 0 aliphatic heterocycles. The van der Waals surface area contributed by atoms with Gasteiger partial charge in [-0.15, -0.1) is 0 Å². The van der Waals surface area contributed by atoms with E-state index >= 15 is 0 Å². The molecule has 120 valence electrons. The third-order valence-corrected chi connectivity index (χ3v) is 5.70. The van der Waals surface area contributed by atoms with Gasteiger partial charge in [0.25, 0.3) is 0 Å². The summed E-state index contributed by atoms with van der Waals surface area (Å²) in [5.74, 6) is 0. The van der Waals surface area contributed by atoms with Crippen molar-refractivity contribution in [1.29, 1.82) is 0 Å². The van der Waals surface area contributed by atoms with Gasteiger partial charge < -0.3 is 10.1 Å². The van der Waals surface area contributed by atoms with Gasteiger partial charge in [-0.3, -0.25) is 5.10 Å². The van der Waals surface area contributed by atoms with Crippen LogP contribution in [0.2, 0.25) is 0 Å². The summed E-state index contributed by atoms with van der Waals surface area (Å²) in [6, 6.07) is 0.103. The summed E-state index contributed by atoms with van der Waals surface area (Å²) in [5.41, 5.74) is 1.14. The van der Waals surface area contributed by atoms with E-state index in [0.717, 1.165) is 19.4 Å². The van der Waals surface area contributed by atoms with Crippen molar-refractivity contribution < 1.29 is 13.2 Å². The van der Waals surface area contributed by atoms with Crippen molar-refractivity contribution >= 4 is 10.0 Å². The molecule has 1 aromatic rings. The van der Waals surface area contributed by atoms with Gasteiger partial charge in [0, 0.05) is 26.2 Å². The molecule has 1 aliphatic carbocycles. The number of hydrogen-bond donors (Lipinski definition) is 2. The summed E-state index contributed by atoms with van der Waals surface area (Å²) >= 11 is 0. The zero-order chi connectivity index (χ0) is 15.5. The Morgan fingerprint density at radius 3 is 2.76 bits per heavy atom. The second-order valence-corrected chi connectivity index (χ2v) is 7.07. The fraction of sp³-hybridized carbons (Fsp3) is 0.769. The predicted molar refractivity (Wildman–Crippen MR) is 79.5 cm³/mol. The number of ether oxygens (including phenoxy) is 1. The summed E-state index contributed by atoms with van der Waals surface area (Å²) in [5, 5.41) is 10.1. The molecular weight excluding hydrogens is 292 g/mol. The first kappa shape index (κ1) is 16.4. The molecule has 0 unspecified atom stereocenters. The molecular formula is C13H24N4O3S. The topological polar surface area (TPSA) is 87.3 Å². The Morgan fingerprint density at radius 1 is 1.48 bits per heavy atom. The molecule has 1 heterocycles. The van der Waals surface area contributed by atoms with Crippen LogP contribution in [0.1, 0.15) is 31.2 Å². The molecule has 21 heavy (non-hydrogen) atoms. The molecule has 0 spiro atoms. The van der Waals surface area contributed by atoms with Crippen LogP contribution in [-0.2, 0) is 21.3 Å². The van der Waals surface area contributed by atoms with E-state index < -0.39 is 10.0 Å². The molecule has 8 heteroatoms. The first-order valence-corrected chi connectivity index (χ1v) is 8.71. The lowest BCUT2D eigenvalue weighted by Gasteiger charge is -2.22. The second kappa shape index (κ2) is 6.87. The van der Waals surface area contributed by atoms with Gasteiger partial charge in [-0.25, -0.2) is 8.42 Å². The Labute approximate surface area is 126 Å². The average Bonchev–Trinajstić information content (AvgIpc) is 3.19. The third-order valence-electron chi connectivity index (χ3n) is 3.54. The van der Waals surface area contributed by atoms with Gasteiger partial charge in [-0.1, -0.05) is 6.92 Å². The highest BCUT2D eigenvalue weighted by atomic mass is 32.2. The van der Waals surface area contributed by atoms with E-state index in [0.29, 0.717) is 36.0 Å². The minimum Gasteiger partial charge on any atom is -0.383 e. The molecule has 1 aromatic heterocycles. The van der Waals surface area contributed by atoms with Gasteiger partial charge in [0.15, 0.2) is 0 Å². The van der Waals surface area contributed by atoms with E-state index in [1.54, 1.807) is 18.3 Å². The number of hydrogen-bond acceptors (Lipinski definition) is 5. The Morgan fingerprint density at radius 2 is 2.19 bits per heavy atom. The first-order valence-electron chi connectivity index (χ1n) is 7.27. The highest BCUT2D eigenvalue weighted by molar-refractivity contribution is 7.89. The van der Waals surface area contributed by atoms with Crippen LogP contribution in [0, 0.1) is 6.92 Å². The van der Waals surface area contributed by atoms with Crippen LogP contribution in [0.4, 0.5) is 0 Å². The molecule has 7 nitrogen and oxygen atoms in total. The van der Waals surface area contributed by atoms with Gasteiger partial charge in [-0.2, -0.15) is 9.40 Å². The number of aromatic nitrogens is 2. The number of methoxy groups -OCH3 is 1. The lowest BCUT2D eigenvalue weighted by molar-refractivity contribution is 0.177. The number of aromatic amines is 1. The van der Waals surface area contributed by atoms with Gasteiger partial charge in [-0.05, 0) is 26.3 Å². The molecule has 0 saturated heterocycles. The first-order chi connectivity index (χ1) is 10.0. The summed E-state index contributed by atoms with van der Waals surface area (Å²) in [4.78, 5) is 0.312. The standard InChI is InChI=1S/C13H24N4O3S/c1-4-14-9-12-13(10(2)15-16-12)21(18,19)17(7-8-20-3)11-5-6-11/h11,14H,4-9H2,1-3H3,(H,15,16). The Hall–Kier alpha value is -0.960. The van der Waals surface area contributed by atoms with Gasteiger partial charge >= 0.3 is 0 Å². The van der Waals surface area contributed by atoms with E-state index in [1.807, 2.05) is 6.92 Å². The fourth-order valence-electron chi connectivity index (χ4n) is 2.33. The fourth-order valence-corrected chi connectivity index (χ4v) is 4.34. The molecule has 0 atom stereocenters. The monoisotopic (exact) mass is 316 g/mol. The van der Waals surface area contributed by atoms with Crippen LogP contribution < -0.4 is 5.32 Å². The lowest BCUT2D eigenvalue weighted by Crippen LogP contribution is -2.36. The minimum absolute atomic E-state index is 0.103. The summed E-state index contributed by atoms with van der Waals surface area (Å²) in [6.07, 6.45) is 1.84. The number of nitrogens with zero attached hydrogens (tertiary/aromatic N) is 2. The largest absolute Gasteiger partial charge is 0.383 e. The number of rotatable bonds is 9. The van der Waals surface area contributed by atoms with Crippen molar-refractivity contribution in [1.82, 2.24) is 19.8 Å². The van der Waals surface area contributed by atoms with E-state index in [1.165, 1.54) is 0 Å².